The number of hydrogen-bond donors (Lipinski definition) is 9. The van der Waals surface area contributed by atoms with Crippen molar-refractivity contribution >= 4 is 35.5 Å². The summed E-state index contributed by atoms with van der Waals surface area (Å²) in [6.07, 6.45) is -0.0947. The zero-order chi connectivity index (χ0) is 28.8. The van der Waals surface area contributed by atoms with E-state index >= 15 is 0 Å². The van der Waals surface area contributed by atoms with E-state index in [1.54, 1.807) is 0 Å². The molecule has 4 atom stereocenters. The summed E-state index contributed by atoms with van der Waals surface area (Å²) < 4.78 is 0. The molecule has 13 N–H and O–H groups in total. The molecule has 0 spiro atoms. The smallest absolute Gasteiger partial charge is 0.326 e. The molecule has 5 amide bonds. The van der Waals surface area contributed by atoms with E-state index in [2.05, 4.69) is 16.0 Å². The van der Waals surface area contributed by atoms with Gasteiger partial charge >= 0.3 is 5.97 Å². The zero-order valence-corrected chi connectivity index (χ0v) is 20.7. The summed E-state index contributed by atoms with van der Waals surface area (Å²) in [5.74, 6) is -6.23. The van der Waals surface area contributed by atoms with Gasteiger partial charge in [0.2, 0.25) is 29.5 Å². The molecule has 0 saturated heterocycles. The second-order valence-corrected chi connectivity index (χ2v) is 8.62. The number of nitrogens with one attached hydrogen (secondary N) is 3. The Balaban J connectivity index is 2.99. The lowest BCUT2D eigenvalue weighted by Crippen LogP contribution is -2.58. The van der Waals surface area contributed by atoms with Crippen LogP contribution in [0.5, 0.6) is 5.75 Å². The number of carboxylic acids is 1. The number of aliphatic carboxylic acids is 1. The first-order chi connectivity index (χ1) is 17.8. The molecule has 210 valence electrons. The Labute approximate surface area is 218 Å². The van der Waals surface area contributed by atoms with E-state index in [4.69, 9.17) is 22.9 Å². The van der Waals surface area contributed by atoms with Crippen molar-refractivity contribution in [2.24, 2.45) is 22.9 Å². The predicted octanol–water partition coefficient (Wildman–Crippen LogP) is -3.32. The minimum Gasteiger partial charge on any atom is -0.508 e. The number of aromatic hydroxyl groups is 1. The fourth-order valence-corrected chi connectivity index (χ4v) is 3.35. The van der Waals surface area contributed by atoms with Crippen LogP contribution in [0.4, 0.5) is 0 Å². The number of carbonyl (C=O) groups excluding carboxylic acids is 5. The van der Waals surface area contributed by atoms with Gasteiger partial charge in [0.1, 0.15) is 23.9 Å². The van der Waals surface area contributed by atoms with Gasteiger partial charge in [0.05, 0.1) is 18.9 Å². The first-order valence-corrected chi connectivity index (χ1v) is 11.8. The average molecular weight is 538 g/mol. The molecule has 1 rings (SSSR count). The second kappa shape index (κ2) is 15.8. The lowest BCUT2D eigenvalue weighted by atomic mass is 10.0. The van der Waals surface area contributed by atoms with Crippen LogP contribution in [0.1, 0.15) is 37.7 Å². The van der Waals surface area contributed by atoms with Gasteiger partial charge in [0, 0.05) is 6.42 Å². The van der Waals surface area contributed by atoms with Crippen LogP contribution in [0.3, 0.4) is 0 Å². The molecule has 0 fully saturated rings. The number of primary amides is 2. The van der Waals surface area contributed by atoms with E-state index in [1.807, 2.05) is 0 Å². The highest BCUT2D eigenvalue weighted by Gasteiger charge is 2.32. The number of rotatable bonds is 17. The van der Waals surface area contributed by atoms with Crippen LogP contribution in [0.2, 0.25) is 0 Å². The van der Waals surface area contributed by atoms with Crippen LogP contribution in [0.15, 0.2) is 24.3 Å². The summed E-state index contributed by atoms with van der Waals surface area (Å²) in [6.45, 7) is 0.405. The Morgan fingerprint density at radius 1 is 0.763 bits per heavy atom. The van der Waals surface area contributed by atoms with Gasteiger partial charge in [-0.1, -0.05) is 18.6 Å². The van der Waals surface area contributed by atoms with E-state index in [0.29, 0.717) is 24.9 Å². The number of hydrogen-bond acceptors (Lipinski definition) is 9. The van der Waals surface area contributed by atoms with Crippen molar-refractivity contribution in [1.82, 2.24) is 16.0 Å². The predicted molar refractivity (Wildman–Crippen MR) is 134 cm³/mol. The van der Waals surface area contributed by atoms with Gasteiger partial charge in [0.25, 0.3) is 0 Å². The Hall–Kier alpha value is -4.24. The van der Waals surface area contributed by atoms with E-state index < -0.39 is 72.5 Å². The van der Waals surface area contributed by atoms with Crippen LogP contribution in [0, 0.1) is 0 Å². The van der Waals surface area contributed by atoms with Crippen LogP contribution >= 0.6 is 0 Å². The molecule has 0 radical (unpaired) electrons. The van der Waals surface area contributed by atoms with Crippen LogP contribution < -0.4 is 38.9 Å². The third-order valence-electron chi connectivity index (χ3n) is 5.37. The molecule has 4 unspecified atom stereocenters. The highest BCUT2D eigenvalue weighted by atomic mass is 16.4. The molecule has 0 aliphatic carbocycles. The number of carboxylic acid groups (broad SMARTS) is 1. The molecule has 15 heteroatoms. The molecule has 0 bridgehead atoms. The molecule has 15 nitrogen and oxygen atoms in total. The molecule has 0 aliphatic rings. The second-order valence-electron chi connectivity index (χ2n) is 8.62. The lowest BCUT2D eigenvalue weighted by molar-refractivity contribution is -0.142. The summed E-state index contributed by atoms with van der Waals surface area (Å²) in [4.78, 5) is 72.9. The van der Waals surface area contributed by atoms with E-state index in [0.717, 1.165) is 0 Å². The van der Waals surface area contributed by atoms with Crippen LogP contribution in [-0.2, 0) is 35.2 Å². The first kappa shape index (κ1) is 31.8. The molecule has 1 aromatic carbocycles. The van der Waals surface area contributed by atoms with Gasteiger partial charge in [-0.3, -0.25) is 24.0 Å². The summed E-state index contributed by atoms with van der Waals surface area (Å²) >= 11 is 0. The van der Waals surface area contributed by atoms with E-state index in [9.17, 15) is 39.0 Å². The monoisotopic (exact) mass is 537 g/mol. The van der Waals surface area contributed by atoms with Gasteiger partial charge < -0.3 is 49.1 Å². The highest BCUT2D eigenvalue weighted by Crippen LogP contribution is 2.12. The number of unbranched alkanes of at least 4 members (excludes halogenated alkanes) is 1. The third-order valence-corrected chi connectivity index (χ3v) is 5.37. The maximum absolute atomic E-state index is 12.9. The SMILES string of the molecule is NCCCCC(N)C(=O)NC(CC(N)=O)C(=O)NC(CC(N)=O)C(=O)NC(Cc1ccc(O)cc1)C(=O)O. The minimum atomic E-state index is -1.63. The van der Waals surface area contributed by atoms with Crippen LogP contribution in [0.25, 0.3) is 0 Å². The Morgan fingerprint density at radius 2 is 1.24 bits per heavy atom. The van der Waals surface area contributed by atoms with Crippen molar-refractivity contribution in [3.05, 3.63) is 29.8 Å². The third kappa shape index (κ3) is 11.7. The molecule has 38 heavy (non-hydrogen) atoms. The average Bonchev–Trinajstić information content (AvgIpc) is 2.83. The summed E-state index contributed by atoms with van der Waals surface area (Å²) in [6, 6.07) is -0.0520. The fourth-order valence-electron chi connectivity index (χ4n) is 3.35. The maximum Gasteiger partial charge on any atom is 0.326 e. The van der Waals surface area contributed by atoms with E-state index in [1.165, 1.54) is 24.3 Å². The standard InChI is InChI=1S/C23H35N7O8/c24-8-2-1-3-14(25)20(34)28-15(10-18(26)32)21(35)29-16(11-19(27)33)22(36)30-17(23(37)38)9-12-4-6-13(31)7-5-12/h4-7,14-17,31H,1-3,8-11,24-25H2,(H2,26,32)(H2,27,33)(H,28,34)(H,29,35)(H,30,36)(H,37,38). The molecule has 1 aromatic rings. The molecule has 0 aromatic heterocycles. The van der Waals surface area contributed by atoms with Crippen molar-refractivity contribution in [3.63, 3.8) is 0 Å². The first-order valence-electron chi connectivity index (χ1n) is 11.8. The summed E-state index contributed by atoms with van der Waals surface area (Å²) in [5, 5.41) is 25.7. The fraction of sp³-hybridized carbons (Fsp3) is 0.478. The van der Waals surface area contributed by atoms with E-state index in [-0.39, 0.29) is 18.6 Å². The summed E-state index contributed by atoms with van der Waals surface area (Å²) in [5.41, 5.74) is 22.1. The van der Waals surface area contributed by atoms with Gasteiger partial charge in [-0.2, -0.15) is 0 Å². The van der Waals surface area contributed by atoms with Gasteiger partial charge in [-0.25, -0.2) is 4.79 Å². The number of nitrogens with two attached hydrogens (primary N) is 4. The zero-order valence-electron chi connectivity index (χ0n) is 20.7. The molecular formula is C23H35N7O8. The minimum absolute atomic E-state index is 0.0389. The Kier molecular flexibility index (Phi) is 13.2. The topological polar surface area (TPSA) is 283 Å². The quantitative estimate of drug-likeness (QED) is 0.0891. The maximum atomic E-state index is 12.9. The lowest BCUT2D eigenvalue weighted by Gasteiger charge is -2.24. The number of amides is 5. The number of phenols is 1. The van der Waals surface area contributed by atoms with Crippen molar-refractivity contribution in [3.8, 4) is 5.75 Å². The number of carbonyl (C=O) groups is 6. The van der Waals surface area contributed by atoms with Crippen molar-refractivity contribution in [2.45, 2.75) is 62.7 Å². The largest absolute Gasteiger partial charge is 0.508 e. The highest BCUT2D eigenvalue weighted by molar-refractivity contribution is 5.97. The number of benzene rings is 1. The Morgan fingerprint density at radius 3 is 1.68 bits per heavy atom. The molecule has 0 aliphatic heterocycles. The normalized spacial score (nSPS) is 13.8. The summed E-state index contributed by atoms with van der Waals surface area (Å²) in [7, 11) is 0. The Bertz CT molecular complexity index is 1000. The molecule has 0 heterocycles. The van der Waals surface area contributed by atoms with Gasteiger partial charge in [-0.05, 0) is 37.1 Å². The number of phenolic OH excluding ortho intramolecular Hbond substituents is 1. The van der Waals surface area contributed by atoms with Crippen molar-refractivity contribution in [2.75, 3.05) is 6.54 Å². The van der Waals surface area contributed by atoms with Crippen LogP contribution in [-0.4, -0.2) is 76.4 Å². The van der Waals surface area contributed by atoms with Crippen molar-refractivity contribution < 1.29 is 39.0 Å². The van der Waals surface area contributed by atoms with Gasteiger partial charge in [0.15, 0.2) is 0 Å². The molecular weight excluding hydrogens is 502 g/mol. The molecule has 0 saturated carbocycles. The van der Waals surface area contributed by atoms with Crippen molar-refractivity contribution in [1.29, 1.82) is 0 Å². The van der Waals surface area contributed by atoms with Gasteiger partial charge in [-0.15, -0.1) is 0 Å².